The summed E-state index contributed by atoms with van der Waals surface area (Å²) in [6.45, 7) is 6.37. The molecule has 0 aromatic heterocycles. The van der Waals surface area contributed by atoms with Crippen molar-refractivity contribution in [3.05, 3.63) is 119 Å². The molecular formula is C48H55F3N2O6. The Hall–Kier alpha value is -4.61. The van der Waals surface area contributed by atoms with E-state index < -0.39 is 45.5 Å². The van der Waals surface area contributed by atoms with E-state index in [9.17, 15) is 33.0 Å². The van der Waals surface area contributed by atoms with E-state index in [0.29, 0.717) is 55.6 Å². The monoisotopic (exact) mass is 812 g/mol. The number of benzene rings is 3. The number of amides is 2. The number of ketones is 1. The van der Waals surface area contributed by atoms with Gasteiger partial charge in [-0.2, -0.15) is 13.2 Å². The minimum Gasteiger partial charge on any atom is -0.497 e. The number of hydrogen-bond acceptors (Lipinski definition) is 6. The smallest absolute Gasteiger partial charge is 0.416 e. The minimum absolute atomic E-state index is 0.0129. The number of fused-ring (bicyclic) bond motifs is 1. The van der Waals surface area contributed by atoms with Gasteiger partial charge in [-0.1, -0.05) is 74.5 Å². The van der Waals surface area contributed by atoms with E-state index in [2.05, 4.69) is 31.3 Å². The van der Waals surface area contributed by atoms with E-state index in [-0.39, 0.29) is 48.0 Å². The number of nitrogens with zero attached hydrogens (tertiary/aromatic N) is 1. The number of halogens is 3. The Bertz CT molecular complexity index is 2190. The van der Waals surface area contributed by atoms with Crippen molar-refractivity contribution in [3.63, 3.8) is 0 Å². The first kappa shape index (κ1) is 41.1. The van der Waals surface area contributed by atoms with Gasteiger partial charge in [-0.15, -0.1) is 0 Å². The van der Waals surface area contributed by atoms with E-state index in [1.807, 2.05) is 49.4 Å². The quantitative estimate of drug-likeness (QED) is 0.139. The van der Waals surface area contributed by atoms with Gasteiger partial charge < -0.3 is 29.9 Å². The molecule has 3 aromatic carbocycles. The third-order valence-corrected chi connectivity index (χ3v) is 15.6. The molecule has 11 heteroatoms. The second kappa shape index (κ2) is 14.5. The molecule has 6 aliphatic rings. The number of allylic oxidation sites excluding steroid dienone is 4. The van der Waals surface area contributed by atoms with E-state index in [1.54, 1.807) is 31.3 Å². The lowest BCUT2D eigenvalue weighted by Crippen LogP contribution is -2.67. The number of urea groups is 1. The van der Waals surface area contributed by atoms with Gasteiger partial charge in [-0.3, -0.25) is 4.79 Å². The highest BCUT2D eigenvalue weighted by Gasteiger charge is 2.74. The number of methoxy groups -OCH3 is 2. The molecule has 2 spiro atoms. The SMILES string of the molecule is COc1ccc(CN(CC2(O)CCC3C45C=CC6(C=C4C(=O)c4cccc(C(F)(F)F)c4)CC(O)CCC6(C)C5CCC32C)C(=O)NC(C)c2ccccc2)c(OC)c1. The normalized spacial score (nSPS) is 33.5. The molecule has 59 heavy (non-hydrogen) atoms. The first-order chi connectivity index (χ1) is 27.9. The Balaban J connectivity index is 1.19. The van der Waals surface area contributed by atoms with Crippen molar-refractivity contribution in [1.29, 1.82) is 0 Å². The van der Waals surface area contributed by atoms with Crippen LogP contribution in [0.3, 0.4) is 0 Å². The van der Waals surface area contributed by atoms with Crippen LogP contribution in [0.25, 0.3) is 0 Å². The van der Waals surface area contributed by atoms with Crippen molar-refractivity contribution in [1.82, 2.24) is 10.2 Å². The van der Waals surface area contributed by atoms with Crippen molar-refractivity contribution in [2.24, 2.45) is 33.5 Å². The Morgan fingerprint density at radius 2 is 1.61 bits per heavy atom. The van der Waals surface area contributed by atoms with Crippen LogP contribution in [0.5, 0.6) is 11.5 Å². The molecule has 0 heterocycles. The molecule has 0 radical (unpaired) electrons. The molecule has 6 aliphatic carbocycles. The number of Topliss-reactive ketones (excluding diaryl/α,β-unsaturated/α-hetero) is 1. The third kappa shape index (κ3) is 6.40. The number of ether oxygens (including phenoxy) is 2. The van der Waals surface area contributed by atoms with Crippen molar-refractivity contribution in [3.8, 4) is 11.5 Å². The number of aliphatic hydroxyl groups excluding tert-OH is 1. The number of rotatable bonds is 10. The molecule has 2 amide bonds. The van der Waals surface area contributed by atoms with Crippen LogP contribution in [0.2, 0.25) is 0 Å². The summed E-state index contributed by atoms with van der Waals surface area (Å²) in [6, 6.07) is 19.0. The molecule has 9 unspecified atom stereocenters. The topological polar surface area (TPSA) is 108 Å². The molecular weight excluding hydrogens is 758 g/mol. The van der Waals surface area contributed by atoms with Crippen LogP contribution < -0.4 is 14.8 Å². The molecule has 8 nitrogen and oxygen atoms in total. The summed E-state index contributed by atoms with van der Waals surface area (Å²) in [5, 5.41) is 27.5. The van der Waals surface area contributed by atoms with Crippen LogP contribution in [-0.4, -0.2) is 59.4 Å². The predicted molar refractivity (Wildman–Crippen MR) is 218 cm³/mol. The van der Waals surface area contributed by atoms with Crippen LogP contribution in [0.4, 0.5) is 18.0 Å². The van der Waals surface area contributed by atoms with E-state index in [0.717, 1.165) is 29.7 Å². The molecule has 2 bridgehead atoms. The van der Waals surface area contributed by atoms with Crippen molar-refractivity contribution in [2.45, 2.75) is 96.2 Å². The van der Waals surface area contributed by atoms with E-state index in [1.165, 1.54) is 12.1 Å². The molecule has 3 saturated carbocycles. The fraction of sp³-hybridized carbons (Fsp3) is 0.500. The van der Waals surface area contributed by atoms with Gasteiger partial charge in [-0.05, 0) is 98.9 Å². The molecule has 3 N–H and O–H groups in total. The fourth-order valence-electron chi connectivity index (χ4n) is 12.4. The summed E-state index contributed by atoms with van der Waals surface area (Å²) in [5.41, 5.74) is -2.88. The number of carbonyl (C=O) groups excluding carboxylic acids is 2. The molecule has 0 saturated heterocycles. The molecule has 9 atom stereocenters. The highest BCUT2D eigenvalue weighted by atomic mass is 19.4. The molecule has 314 valence electrons. The average molecular weight is 813 g/mol. The standard InChI is InChI=1S/C48H55F3N2O6/c1-30(31-10-7-6-8-11-31)52-42(56)53(28-33-14-15-36(58-4)25-38(33)59-5)29-46(57)21-18-40-44(46,3)20-17-39-43(2)19-16-35(54)26-45(43)22-23-47(39,40)37(27-45)41(55)32-12-9-13-34(24-32)48(49,50)51/h6-15,22-25,27,30,35,39-40,54,57H,16-21,26,28-29H2,1-5H3,(H,52,56). The first-order valence-electron chi connectivity index (χ1n) is 20.8. The second-order valence-corrected chi connectivity index (χ2v) is 18.3. The maximum Gasteiger partial charge on any atom is 0.416 e. The van der Waals surface area contributed by atoms with Crippen LogP contribution >= 0.6 is 0 Å². The summed E-state index contributed by atoms with van der Waals surface area (Å²) in [7, 11) is 3.13. The number of alkyl halides is 3. The maximum absolute atomic E-state index is 14.9. The lowest BCUT2D eigenvalue weighted by molar-refractivity contribution is -0.174. The van der Waals surface area contributed by atoms with Gasteiger partial charge in [0.1, 0.15) is 11.5 Å². The van der Waals surface area contributed by atoms with Crippen molar-refractivity contribution in [2.75, 3.05) is 20.8 Å². The number of nitrogens with one attached hydrogen (secondary N) is 1. The van der Waals surface area contributed by atoms with Crippen LogP contribution in [0, 0.1) is 33.5 Å². The number of carbonyl (C=O) groups is 2. The molecule has 9 rings (SSSR count). The largest absolute Gasteiger partial charge is 0.497 e. The van der Waals surface area contributed by atoms with Crippen molar-refractivity contribution < 1.29 is 42.4 Å². The Morgan fingerprint density at radius 1 is 0.898 bits per heavy atom. The highest BCUT2D eigenvalue weighted by molar-refractivity contribution is 6.10. The average Bonchev–Trinajstić information content (AvgIpc) is 3.49. The van der Waals surface area contributed by atoms with Gasteiger partial charge in [0, 0.05) is 39.0 Å². The zero-order chi connectivity index (χ0) is 42.2. The predicted octanol–water partition coefficient (Wildman–Crippen LogP) is 9.47. The van der Waals surface area contributed by atoms with Crippen LogP contribution in [0.1, 0.15) is 98.8 Å². The third-order valence-electron chi connectivity index (χ3n) is 15.6. The van der Waals surface area contributed by atoms with Gasteiger partial charge >= 0.3 is 12.2 Å². The Morgan fingerprint density at radius 3 is 2.32 bits per heavy atom. The van der Waals surface area contributed by atoms with Gasteiger partial charge in [0.25, 0.3) is 0 Å². The summed E-state index contributed by atoms with van der Waals surface area (Å²) in [5.74, 6) is 0.349. The van der Waals surface area contributed by atoms with Gasteiger partial charge in [0.2, 0.25) is 0 Å². The highest BCUT2D eigenvalue weighted by Crippen LogP contribution is 2.78. The minimum atomic E-state index is -4.63. The van der Waals surface area contributed by atoms with Gasteiger partial charge in [-0.25, -0.2) is 4.79 Å². The lowest BCUT2D eigenvalue weighted by Gasteiger charge is -2.71. The summed E-state index contributed by atoms with van der Waals surface area (Å²) in [6.07, 6.45) is 5.05. The van der Waals surface area contributed by atoms with Crippen molar-refractivity contribution >= 4 is 11.8 Å². The summed E-state index contributed by atoms with van der Waals surface area (Å²) in [4.78, 5) is 31.1. The van der Waals surface area contributed by atoms with Crippen LogP contribution in [-0.2, 0) is 12.7 Å². The second-order valence-electron chi connectivity index (χ2n) is 18.3. The van der Waals surface area contributed by atoms with Crippen LogP contribution in [0.15, 0.2) is 96.6 Å². The zero-order valence-electron chi connectivity index (χ0n) is 34.4. The summed E-state index contributed by atoms with van der Waals surface area (Å²) >= 11 is 0. The molecule has 3 aromatic rings. The maximum atomic E-state index is 14.9. The number of aliphatic hydroxyl groups is 2. The van der Waals surface area contributed by atoms with E-state index in [4.69, 9.17) is 9.47 Å². The Labute approximate surface area is 344 Å². The Kier molecular flexibility index (Phi) is 10.1. The zero-order valence-corrected chi connectivity index (χ0v) is 34.4. The summed E-state index contributed by atoms with van der Waals surface area (Å²) < 4.78 is 53.2. The fourth-order valence-corrected chi connectivity index (χ4v) is 12.4. The lowest BCUT2D eigenvalue weighted by atomic mass is 9.32. The van der Waals surface area contributed by atoms with Gasteiger partial charge in [0.05, 0.1) is 50.6 Å². The number of hydrogen-bond donors (Lipinski definition) is 3. The van der Waals surface area contributed by atoms with E-state index >= 15 is 0 Å². The molecule has 0 aliphatic heterocycles. The van der Waals surface area contributed by atoms with Gasteiger partial charge in [0.15, 0.2) is 5.78 Å². The first-order valence-corrected chi connectivity index (χ1v) is 20.8. The molecule has 3 fully saturated rings.